The van der Waals surface area contributed by atoms with Gasteiger partial charge in [-0.1, -0.05) is 12.1 Å². The monoisotopic (exact) mass is 467 g/mol. The number of nitrogens with zero attached hydrogens (tertiary/aromatic N) is 4. The molecular formula is C23H25N5O4S. The molecule has 1 aliphatic heterocycles. The number of hydrogen-bond donors (Lipinski definition) is 1. The predicted octanol–water partition coefficient (Wildman–Crippen LogP) is 2.04. The number of piperazine rings is 1. The third kappa shape index (κ3) is 5.29. The summed E-state index contributed by atoms with van der Waals surface area (Å²) in [5.74, 6) is -0.386. The average Bonchev–Trinajstić information content (AvgIpc) is 3.32. The molecule has 3 aromatic rings. The van der Waals surface area contributed by atoms with Crippen molar-refractivity contribution in [1.29, 1.82) is 0 Å². The number of nitrogens with one attached hydrogen (secondary N) is 1. The highest BCUT2D eigenvalue weighted by Gasteiger charge is 2.29. The fourth-order valence-electron chi connectivity index (χ4n) is 3.71. The first-order chi connectivity index (χ1) is 15.8. The van der Waals surface area contributed by atoms with Gasteiger partial charge in [0.05, 0.1) is 11.2 Å². The first-order valence-electron chi connectivity index (χ1n) is 10.5. The lowest BCUT2D eigenvalue weighted by atomic mass is 10.1. The molecule has 0 bridgehead atoms. The third-order valence-electron chi connectivity index (χ3n) is 5.55. The van der Waals surface area contributed by atoms with E-state index in [-0.39, 0.29) is 29.8 Å². The maximum Gasteiger partial charge on any atom is 0.255 e. The first-order valence-corrected chi connectivity index (χ1v) is 12.0. The molecule has 1 aliphatic rings. The number of imidazole rings is 1. The molecule has 0 unspecified atom stereocenters. The maximum atomic E-state index is 12.9. The van der Waals surface area contributed by atoms with Gasteiger partial charge in [-0.15, -0.1) is 0 Å². The number of aromatic nitrogens is 2. The Labute approximate surface area is 192 Å². The van der Waals surface area contributed by atoms with Crippen molar-refractivity contribution in [2.45, 2.75) is 18.4 Å². The highest BCUT2D eigenvalue weighted by Crippen LogP contribution is 2.19. The van der Waals surface area contributed by atoms with Gasteiger partial charge in [-0.3, -0.25) is 9.59 Å². The summed E-state index contributed by atoms with van der Waals surface area (Å²) in [5, 5.41) is 2.85. The summed E-state index contributed by atoms with van der Waals surface area (Å²) in [7, 11) is -3.69. The molecule has 4 rings (SSSR count). The number of amides is 2. The van der Waals surface area contributed by atoms with Crippen molar-refractivity contribution in [1.82, 2.24) is 18.8 Å². The van der Waals surface area contributed by atoms with E-state index in [4.69, 9.17) is 0 Å². The number of benzene rings is 2. The summed E-state index contributed by atoms with van der Waals surface area (Å²) in [5.41, 5.74) is 2.02. The van der Waals surface area contributed by atoms with Crippen molar-refractivity contribution in [3.8, 4) is 0 Å². The Morgan fingerprint density at radius 3 is 2.39 bits per heavy atom. The molecule has 2 heterocycles. The Bertz CT molecular complexity index is 1230. The van der Waals surface area contributed by atoms with E-state index >= 15 is 0 Å². The van der Waals surface area contributed by atoms with Crippen molar-refractivity contribution in [3.05, 3.63) is 78.4 Å². The molecule has 0 saturated carbocycles. The van der Waals surface area contributed by atoms with E-state index in [0.717, 1.165) is 5.56 Å². The van der Waals surface area contributed by atoms with Crippen molar-refractivity contribution in [3.63, 3.8) is 0 Å². The second-order valence-electron chi connectivity index (χ2n) is 7.82. The lowest BCUT2D eigenvalue weighted by Crippen LogP contribution is -2.49. The largest absolute Gasteiger partial charge is 0.340 e. The normalized spacial score (nSPS) is 14.8. The fourth-order valence-corrected chi connectivity index (χ4v) is 5.13. The molecule has 10 heteroatoms. The fraction of sp³-hybridized carbons (Fsp3) is 0.261. The van der Waals surface area contributed by atoms with E-state index < -0.39 is 10.0 Å². The van der Waals surface area contributed by atoms with Crippen LogP contribution < -0.4 is 5.32 Å². The second-order valence-corrected chi connectivity index (χ2v) is 9.76. The minimum Gasteiger partial charge on any atom is -0.340 e. The van der Waals surface area contributed by atoms with Gasteiger partial charge in [-0.25, -0.2) is 13.4 Å². The smallest absolute Gasteiger partial charge is 0.255 e. The van der Waals surface area contributed by atoms with Gasteiger partial charge in [0.2, 0.25) is 15.9 Å². The van der Waals surface area contributed by atoms with Gasteiger partial charge in [0.25, 0.3) is 5.91 Å². The van der Waals surface area contributed by atoms with Crippen LogP contribution in [-0.4, -0.2) is 65.2 Å². The van der Waals surface area contributed by atoms with Crippen LogP contribution in [0.5, 0.6) is 0 Å². The minimum absolute atomic E-state index is 0.0605. The van der Waals surface area contributed by atoms with E-state index in [2.05, 4.69) is 10.3 Å². The Morgan fingerprint density at radius 2 is 1.76 bits per heavy atom. The highest BCUT2D eigenvalue weighted by atomic mass is 32.2. The van der Waals surface area contributed by atoms with Gasteiger partial charge >= 0.3 is 0 Å². The molecule has 1 aromatic heterocycles. The molecular weight excluding hydrogens is 442 g/mol. The summed E-state index contributed by atoms with van der Waals surface area (Å²) < 4.78 is 29.1. The number of carbonyl (C=O) groups is 2. The van der Waals surface area contributed by atoms with Crippen molar-refractivity contribution in [2.75, 3.05) is 31.5 Å². The van der Waals surface area contributed by atoms with Crippen molar-refractivity contribution in [2.24, 2.45) is 0 Å². The molecule has 0 atom stereocenters. The van der Waals surface area contributed by atoms with Crippen LogP contribution in [0.1, 0.15) is 22.8 Å². The zero-order valence-electron chi connectivity index (χ0n) is 18.2. The number of hydrogen-bond acceptors (Lipinski definition) is 5. The number of anilines is 1. The van der Waals surface area contributed by atoms with Gasteiger partial charge in [0.15, 0.2) is 0 Å². The van der Waals surface area contributed by atoms with Crippen LogP contribution in [0.4, 0.5) is 5.69 Å². The molecule has 9 nitrogen and oxygen atoms in total. The summed E-state index contributed by atoms with van der Waals surface area (Å²) >= 11 is 0. The predicted molar refractivity (Wildman–Crippen MR) is 123 cm³/mol. The lowest BCUT2D eigenvalue weighted by Gasteiger charge is -2.33. The first kappa shape index (κ1) is 22.7. The zero-order valence-corrected chi connectivity index (χ0v) is 19.0. The van der Waals surface area contributed by atoms with Gasteiger partial charge in [0, 0.05) is 63.3 Å². The zero-order chi connectivity index (χ0) is 23.4. The van der Waals surface area contributed by atoms with Gasteiger partial charge in [-0.05, 0) is 42.0 Å². The van der Waals surface area contributed by atoms with E-state index in [1.54, 1.807) is 23.5 Å². The Kier molecular flexibility index (Phi) is 6.57. The Hall–Kier alpha value is -3.50. The maximum absolute atomic E-state index is 12.9. The summed E-state index contributed by atoms with van der Waals surface area (Å²) in [4.78, 5) is 29.9. The minimum atomic E-state index is -3.69. The quantitative estimate of drug-likeness (QED) is 0.597. The molecule has 33 heavy (non-hydrogen) atoms. The van der Waals surface area contributed by atoms with Gasteiger partial charge in [0.1, 0.15) is 0 Å². The van der Waals surface area contributed by atoms with Crippen LogP contribution in [0.15, 0.2) is 72.1 Å². The molecule has 0 radical (unpaired) electrons. The summed E-state index contributed by atoms with van der Waals surface area (Å²) in [6.45, 7) is 3.35. The molecule has 1 N–H and O–H groups in total. The Balaban J connectivity index is 1.41. The number of sulfonamides is 1. The molecule has 2 aromatic carbocycles. The van der Waals surface area contributed by atoms with Crippen LogP contribution in [0.3, 0.4) is 0 Å². The Morgan fingerprint density at radius 1 is 1.03 bits per heavy atom. The molecule has 2 amide bonds. The van der Waals surface area contributed by atoms with Crippen LogP contribution in [0, 0.1) is 0 Å². The van der Waals surface area contributed by atoms with Gasteiger partial charge < -0.3 is 14.8 Å². The van der Waals surface area contributed by atoms with Crippen LogP contribution >= 0.6 is 0 Å². The van der Waals surface area contributed by atoms with Crippen molar-refractivity contribution < 1.29 is 18.0 Å². The van der Waals surface area contributed by atoms with Crippen molar-refractivity contribution >= 4 is 27.5 Å². The van der Waals surface area contributed by atoms with E-state index in [1.165, 1.54) is 35.5 Å². The van der Waals surface area contributed by atoms with E-state index in [1.807, 2.05) is 29.0 Å². The molecule has 1 saturated heterocycles. The van der Waals surface area contributed by atoms with Crippen LogP contribution in [0.2, 0.25) is 0 Å². The molecule has 0 spiro atoms. The third-order valence-corrected chi connectivity index (χ3v) is 7.46. The SMILES string of the molecule is CC(=O)N1CCN(S(=O)(=O)c2ccc(C(=O)Nc3cccc(Cn4ccnc4)c3)cc2)CC1. The standard InChI is InChI=1S/C23H25N5O4S/c1-18(29)27-11-13-28(14-12-27)33(31,32)22-7-5-20(6-8-22)23(30)25-21-4-2-3-19(15-21)16-26-10-9-24-17-26/h2-10,15,17H,11-14,16H2,1H3,(H,25,30). The van der Waals surface area contributed by atoms with Gasteiger partial charge in [-0.2, -0.15) is 4.31 Å². The molecule has 172 valence electrons. The summed E-state index contributed by atoms with van der Waals surface area (Å²) in [6, 6.07) is 13.4. The summed E-state index contributed by atoms with van der Waals surface area (Å²) in [6.07, 6.45) is 5.30. The molecule has 1 fully saturated rings. The topological polar surface area (TPSA) is 105 Å². The number of rotatable bonds is 6. The second kappa shape index (κ2) is 9.55. The average molecular weight is 468 g/mol. The number of carbonyl (C=O) groups excluding carboxylic acids is 2. The van der Waals surface area contributed by atoms with Crippen LogP contribution in [0.25, 0.3) is 0 Å². The van der Waals surface area contributed by atoms with E-state index in [9.17, 15) is 18.0 Å². The molecule has 0 aliphatic carbocycles. The lowest BCUT2D eigenvalue weighted by molar-refractivity contribution is -0.129. The highest BCUT2D eigenvalue weighted by molar-refractivity contribution is 7.89. The van der Waals surface area contributed by atoms with Crippen LogP contribution in [-0.2, 0) is 21.4 Å². The van der Waals surface area contributed by atoms with E-state index in [0.29, 0.717) is 30.9 Å².